The van der Waals surface area contributed by atoms with Gasteiger partial charge in [0.15, 0.2) is 0 Å². The van der Waals surface area contributed by atoms with Crippen LogP contribution in [0.25, 0.3) is 10.8 Å². The van der Waals surface area contributed by atoms with Crippen molar-refractivity contribution in [1.29, 1.82) is 0 Å². The minimum atomic E-state index is -0.153. The Balaban J connectivity index is 1.41. The average Bonchev–Trinajstić information content (AvgIpc) is 3.25. The van der Waals surface area contributed by atoms with Gasteiger partial charge in [0.2, 0.25) is 5.91 Å². The predicted molar refractivity (Wildman–Crippen MR) is 142 cm³/mol. The molecule has 1 N–H and O–H groups in total. The summed E-state index contributed by atoms with van der Waals surface area (Å²) in [7, 11) is 3.99. The topological polar surface area (TPSA) is 52.6 Å². The van der Waals surface area contributed by atoms with Crippen LogP contribution < -0.4 is 15.1 Å². The van der Waals surface area contributed by atoms with E-state index in [-0.39, 0.29) is 17.2 Å². The van der Waals surface area contributed by atoms with Crippen LogP contribution in [0.1, 0.15) is 21.3 Å². The number of amides is 2. The molecule has 1 saturated heterocycles. The van der Waals surface area contributed by atoms with Crippen molar-refractivity contribution in [3.05, 3.63) is 102 Å². The van der Waals surface area contributed by atoms with Crippen LogP contribution in [0.4, 0.5) is 17.1 Å². The SMILES string of the molecule is CN(C)c1ccc(N2C(=O)CSC2c2cccc(NC(=O)c3cccc4ccccc34)c2)cc1. The fourth-order valence-electron chi connectivity index (χ4n) is 4.25. The Labute approximate surface area is 203 Å². The molecule has 170 valence electrons. The normalized spacial score (nSPS) is 15.5. The first-order valence-corrected chi connectivity index (χ1v) is 12.2. The van der Waals surface area contributed by atoms with Crippen LogP contribution in [0.5, 0.6) is 0 Å². The minimum Gasteiger partial charge on any atom is -0.378 e. The second kappa shape index (κ2) is 9.23. The van der Waals surface area contributed by atoms with Crippen molar-refractivity contribution in [3.63, 3.8) is 0 Å². The Kier molecular flexibility index (Phi) is 5.99. The van der Waals surface area contributed by atoms with Crippen LogP contribution in [-0.4, -0.2) is 31.7 Å². The smallest absolute Gasteiger partial charge is 0.256 e. The van der Waals surface area contributed by atoms with Gasteiger partial charge in [-0.25, -0.2) is 0 Å². The molecule has 5 rings (SSSR count). The maximum absolute atomic E-state index is 13.1. The molecule has 0 spiro atoms. The quantitative estimate of drug-likeness (QED) is 0.395. The summed E-state index contributed by atoms with van der Waals surface area (Å²) in [5, 5.41) is 4.84. The molecule has 1 heterocycles. The van der Waals surface area contributed by atoms with Gasteiger partial charge in [0.25, 0.3) is 5.91 Å². The van der Waals surface area contributed by atoms with Gasteiger partial charge in [0.05, 0.1) is 5.75 Å². The van der Waals surface area contributed by atoms with Crippen LogP contribution in [0, 0.1) is 0 Å². The fraction of sp³-hybridized carbons (Fsp3) is 0.143. The molecule has 1 aliphatic heterocycles. The highest BCUT2D eigenvalue weighted by Crippen LogP contribution is 2.42. The third kappa shape index (κ3) is 4.24. The van der Waals surface area contributed by atoms with Crippen molar-refractivity contribution in [2.45, 2.75) is 5.37 Å². The molecular formula is C28H25N3O2S. The second-order valence-corrected chi connectivity index (χ2v) is 9.51. The van der Waals surface area contributed by atoms with E-state index in [4.69, 9.17) is 0 Å². The molecule has 0 radical (unpaired) electrons. The zero-order chi connectivity index (χ0) is 23.7. The van der Waals surface area contributed by atoms with Gasteiger partial charge in [-0.05, 0) is 58.8 Å². The maximum atomic E-state index is 13.1. The number of fused-ring (bicyclic) bond motifs is 1. The highest BCUT2D eigenvalue weighted by Gasteiger charge is 2.34. The van der Waals surface area contributed by atoms with Crippen molar-refractivity contribution >= 4 is 51.4 Å². The number of rotatable bonds is 5. The first-order chi connectivity index (χ1) is 16.5. The van der Waals surface area contributed by atoms with Gasteiger partial charge in [-0.2, -0.15) is 0 Å². The lowest BCUT2D eigenvalue weighted by atomic mass is 10.0. The van der Waals surface area contributed by atoms with E-state index >= 15 is 0 Å². The molecule has 0 bridgehead atoms. The van der Waals surface area contributed by atoms with Gasteiger partial charge in [-0.1, -0.05) is 48.5 Å². The lowest BCUT2D eigenvalue weighted by Gasteiger charge is -2.25. The third-order valence-corrected chi connectivity index (χ3v) is 7.19. The zero-order valence-electron chi connectivity index (χ0n) is 19.1. The number of hydrogen-bond donors (Lipinski definition) is 1. The van der Waals surface area contributed by atoms with Crippen LogP contribution in [0.2, 0.25) is 0 Å². The number of thioether (sulfide) groups is 1. The standard InChI is InChI=1S/C28H25N3O2S/c1-30(2)22-13-15-23(16-14-22)31-26(32)18-34-28(31)20-9-5-10-21(17-20)29-27(33)25-12-6-8-19-7-3-4-11-24(19)25/h3-17,28H,18H2,1-2H3,(H,29,33). The van der Waals surface area contributed by atoms with Crippen molar-refractivity contribution in [1.82, 2.24) is 0 Å². The van der Waals surface area contributed by atoms with Gasteiger partial charge in [0, 0.05) is 36.7 Å². The summed E-state index contributed by atoms with van der Waals surface area (Å²) in [6, 6.07) is 29.4. The van der Waals surface area contributed by atoms with E-state index in [9.17, 15) is 9.59 Å². The summed E-state index contributed by atoms with van der Waals surface area (Å²) in [6.45, 7) is 0. The Morgan fingerprint density at radius 3 is 2.47 bits per heavy atom. The summed E-state index contributed by atoms with van der Waals surface area (Å²) in [6.07, 6.45) is 0. The molecule has 1 fully saturated rings. The number of carbonyl (C=O) groups excluding carboxylic acids is 2. The van der Waals surface area contributed by atoms with Crippen molar-refractivity contribution in [3.8, 4) is 0 Å². The molecular weight excluding hydrogens is 442 g/mol. The summed E-state index contributed by atoms with van der Waals surface area (Å²) >= 11 is 1.60. The van der Waals surface area contributed by atoms with Crippen molar-refractivity contribution < 1.29 is 9.59 Å². The van der Waals surface area contributed by atoms with Crippen LogP contribution >= 0.6 is 11.8 Å². The molecule has 0 saturated carbocycles. The monoisotopic (exact) mass is 467 g/mol. The molecule has 34 heavy (non-hydrogen) atoms. The van der Waals surface area contributed by atoms with Crippen LogP contribution in [-0.2, 0) is 4.79 Å². The van der Waals surface area contributed by atoms with E-state index in [0.717, 1.165) is 27.7 Å². The van der Waals surface area contributed by atoms with Gasteiger partial charge in [-0.15, -0.1) is 11.8 Å². The molecule has 6 heteroatoms. The summed E-state index contributed by atoms with van der Waals surface area (Å²) in [4.78, 5) is 29.7. The summed E-state index contributed by atoms with van der Waals surface area (Å²) in [5.41, 5.74) is 4.27. The summed E-state index contributed by atoms with van der Waals surface area (Å²) in [5.74, 6) is 0.352. The van der Waals surface area contributed by atoms with Crippen molar-refractivity contribution in [2.24, 2.45) is 0 Å². The van der Waals surface area contributed by atoms with E-state index in [1.807, 2.05) is 115 Å². The molecule has 1 atom stereocenters. The third-order valence-electron chi connectivity index (χ3n) is 5.98. The number of carbonyl (C=O) groups is 2. The van der Waals surface area contributed by atoms with Crippen LogP contribution in [0.15, 0.2) is 91.0 Å². The zero-order valence-corrected chi connectivity index (χ0v) is 19.9. The number of benzene rings is 4. The van der Waals surface area contributed by atoms with E-state index < -0.39 is 0 Å². The largest absolute Gasteiger partial charge is 0.378 e. The predicted octanol–water partition coefficient (Wildman–Crippen LogP) is 5.94. The second-order valence-electron chi connectivity index (χ2n) is 8.44. The van der Waals surface area contributed by atoms with E-state index in [1.165, 1.54) is 0 Å². The van der Waals surface area contributed by atoms with E-state index in [0.29, 0.717) is 17.0 Å². The molecule has 2 amide bonds. The molecule has 1 unspecified atom stereocenters. The minimum absolute atomic E-state index is 0.0813. The summed E-state index contributed by atoms with van der Waals surface area (Å²) < 4.78 is 0. The highest BCUT2D eigenvalue weighted by atomic mass is 32.2. The van der Waals surface area contributed by atoms with Gasteiger partial charge < -0.3 is 10.2 Å². The number of nitrogens with zero attached hydrogens (tertiary/aromatic N) is 2. The Morgan fingerprint density at radius 1 is 0.941 bits per heavy atom. The fourth-order valence-corrected chi connectivity index (χ4v) is 5.42. The van der Waals surface area contributed by atoms with Crippen molar-refractivity contribution in [2.75, 3.05) is 35.0 Å². The number of anilines is 3. The first-order valence-electron chi connectivity index (χ1n) is 11.1. The lowest BCUT2D eigenvalue weighted by Crippen LogP contribution is -2.27. The maximum Gasteiger partial charge on any atom is 0.256 e. The molecule has 4 aromatic rings. The first kappa shape index (κ1) is 22.0. The molecule has 5 nitrogen and oxygen atoms in total. The molecule has 0 aliphatic carbocycles. The van der Waals surface area contributed by atoms with Gasteiger partial charge >= 0.3 is 0 Å². The Morgan fingerprint density at radius 2 is 1.68 bits per heavy atom. The molecule has 4 aromatic carbocycles. The Bertz CT molecular complexity index is 1360. The van der Waals surface area contributed by atoms with E-state index in [2.05, 4.69) is 5.32 Å². The van der Waals surface area contributed by atoms with Gasteiger partial charge in [-0.3, -0.25) is 14.5 Å². The molecule has 1 aliphatic rings. The Hall–Kier alpha value is -3.77. The number of nitrogens with one attached hydrogen (secondary N) is 1. The number of hydrogen-bond acceptors (Lipinski definition) is 4. The van der Waals surface area contributed by atoms with Crippen LogP contribution in [0.3, 0.4) is 0 Å². The average molecular weight is 468 g/mol. The highest BCUT2D eigenvalue weighted by molar-refractivity contribution is 8.00. The molecule has 0 aromatic heterocycles. The van der Waals surface area contributed by atoms with Gasteiger partial charge in [0.1, 0.15) is 5.37 Å². The van der Waals surface area contributed by atoms with E-state index in [1.54, 1.807) is 11.8 Å². The lowest BCUT2D eigenvalue weighted by molar-refractivity contribution is -0.115.